The third kappa shape index (κ3) is 6.22. The first-order valence-electron chi connectivity index (χ1n) is 3.15. The summed E-state index contributed by atoms with van der Waals surface area (Å²) in [6.07, 6.45) is -0.557. The number of rotatable bonds is 4. The molecule has 1 amide bonds. The van der Waals surface area contributed by atoms with Crippen LogP contribution in [0, 0.1) is 0 Å². The summed E-state index contributed by atoms with van der Waals surface area (Å²) in [7, 11) is 0. The Morgan fingerprint density at radius 2 is 1.92 bits per heavy atom. The molecule has 0 heterocycles. The van der Waals surface area contributed by atoms with Crippen molar-refractivity contribution < 1.29 is 9.53 Å². The lowest BCUT2D eigenvalue weighted by Crippen LogP contribution is -2.34. The summed E-state index contributed by atoms with van der Waals surface area (Å²) in [6, 6.07) is 0. The van der Waals surface area contributed by atoms with Crippen LogP contribution in [-0.2, 0) is 4.74 Å². The quantitative estimate of drug-likeness (QED) is 0.380. The topological polar surface area (TPSA) is 38.3 Å². The highest BCUT2D eigenvalue weighted by atomic mass is 32.1. The average Bonchev–Trinajstić information content (AvgIpc) is 2.03. The Morgan fingerprint density at radius 1 is 1.33 bits per heavy atom. The van der Waals surface area contributed by atoms with Crippen LogP contribution in [-0.4, -0.2) is 28.4 Å². The lowest BCUT2D eigenvalue weighted by molar-refractivity contribution is 0.143. The van der Waals surface area contributed by atoms with E-state index in [-0.39, 0.29) is 5.37 Å². The zero-order chi connectivity index (χ0) is 9.56. The molecule has 0 fully saturated rings. The molecular weight excluding hydrogens is 234 g/mol. The second-order valence-corrected chi connectivity index (χ2v) is 3.81. The Hall–Kier alpha value is 0.670. The van der Waals surface area contributed by atoms with Crippen molar-refractivity contribution in [3.63, 3.8) is 0 Å². The highest BCUT2D eigenvalue weighted by molar-refractivity contribution is 7.85. The van der Waals surface area contributed by atoms with E-state index in [1.165, 1.54) is 0 Å². The van der Waals surface area contributed by atoms with Crippen LogP contribution in [0.3, 0.4) is 0 Å². The largest absolute Gasteiger partial charge is 0.435 e. The van der Waals surface area contributed by atoms with Gasteiger partial charge in [-0.2, -0.15) is 37.9 Å². The summed E-state index contributed by atoms with van der Waals surface area (Å²) in [6.45, 7) is 0. The van der Waals surface area contributed by atoms with Crippen LogP contribution in [0.2, 0.25) is 0 Å². The predicted octanol–water partition coefficient (Wildman–Crippen LogP) is 1.08. The van der Waals surface area contributed by atoms with Gasteiger partial charge in [-0.05, 0) is 0 Å². The Morgan fingerprint density at radius 3 is 2.33 bits per heavy atom. The normalized spacial score (nSPS) is 15.0. The van der Waals surface area contributed by atoms with Crippen LogP contribution >= 0.6 is 50.5 Å². The van der Waals surface area contributed by atoms with E-state index in [2.05, 4.69) is 55.8 Å². The Labute approximate surface area is 93.6 Å². The Kier molecular flexibility index (Phi) is 7.51. The summed E-state index contributed by atoms with van der Waals surface area (Å²) in [5, 5.41) is 2.13. The molecular formula is C5H11NO2S4. The van der Waals surface area contributed by atoms with Crippen LogP contribution in [0.15, 0.2) is 0 Å². The molecule has 0 aromatic carbocycles. The number of carbonyl (C=O) groups excluding carboxylic acids is 1. The minimum Gasteiger partial charge on any atom is -0.435 e. The fourth-order valence-corrected chi connectivity index (χ4v) is 0.743. The van der Waals surface area contributed by atoms with Crippen molar-refractivity contribution >= 4 is 56.6 Å². The minimum atomic E-state index is -0.557. The smallest absolute Gasteiger partial charge is 0.409 e. The summed E-state index contributed by atoms with van der Waals surface area (Å²) in [5.41, 5.74) is -0.492. The minimum absolute atomic E-state index is 0.304. The number of carbonyl (C=O) groups is 1. The molecule has 0 bridgehead atoms. The van der Waals surface area contributed by atoms with Gasteiger partial charge >= 0.3 is 6.09 Å². The molecule has 72 valence electrons. The molecule has 0 aliphatic heterocycles. The van der Waals surface area contributed by atoms with Gasteiger partial charge in [0.2, 0.25) is 0 Å². The number of nitrogens with one attached hydrogen (secondary N) is 1. The van der Waals surface area contributed by atoms with Gasteiger partial charge in [0.25, 0.3) is 0 Å². The highest BCUT2D eigenvalue weighted by Crippen LogP contribution is 2.01. The van der Waals surface area contributed by atoms with E-state index in [1.54, 1.807) is 0 Å². The molecule has 7 heteroatoms. The lowest BCUT2D eigenvalue weighted by Gasteiger charge is -2.13. The van der Waals surface area contributed by atoms with Gasteiger partial charge < -0.3 is 10.1 Å². The van der Waals surface area contributed by atoms with Crippen LogP contribution in [0.5, 0.6) is 0 Å². The zero-order valence-electron chi connectivity index (χ0n) is 6.17. The number of ether oxygens (including phenoxy) is 1. The highest BCUT2D eigenvalue weighted by Gasteiger charge is 2.10. The summed E-state index contributed by atoms with van der Waals surface area (Å²) >= 11 is 15.7. The standard InChI is InChI=1S/C5H11NO2S4/c7-5(6-3(11)1-9)8-4(12)2-10/h3-4,9-12H,1-2H2,(H,6,7). The molecule has 0 radical (unpaired) electrons. The van der Waals surface area contributed by atoms with Gasteiger partial charge in [0.05, 0.1) is 5.37 Å². The van der Waals surface area contributed by atoms with Crippen molar-refractivity contribution in [3.05, 3.63) is 0 Å². The van der Waals surface area contributed by atoms with Crippen molar-refractivity contribution in [2.45, 2.75) is 10.8 Å². The maximum Gasteiger partial charge on any atom is 0.409 e. The van der Waals surface area contributed by atoms with Gasteiger partial charge in [-0.25, -0.2) is 4.79 Å². The summed E-state index contributed by atoms with van der Waals surface area (Å²) in [4.78, 5) is 10.9. The first-order chi connectivity index (χ1) is 5.60. The van der Waals surface area contributed by atoms with E-state index in [1.807, 2.05) is 0 Å². The van der Waals surface area contributed by atoms with Gasteiger partial charge in [0.1, 0.15) is 0 Å². The van der Waals surface area contributed by atoms with Crippen LogP contribution in [0.4, 0.5) is 4.79 Å². The first-order valence-corrected chi connectivity index (χ1v) is 5.45. The molecule has 2 atom stereocenters. The average molecular weight is 245 g/mol. The van der Waals surface area contributed by atoms with E-state index in [0.717, 1.165) is 0 Å². The number of amides is 1. The Bertz CT molecular complexity index is 131. The van der Waals surface area contributed by atoms with Gasteiger partial charge in [0.15, 0.2) is 5.44 Å². The molecule has 0 spiro atoms. The molecule has 0 aliphatic carbocycles. The summed E-state index contributed by atoms with van der Waals surface area (Å²) < 4.78 is 4.73. The van der Waals surface area contributed by atoms with Crippen molar-refractivity contribution in [1.29, 1.82) is 0 Å². The molecule has 3 nitrogen and oxygen atoms in total. The van der Waals surface area contributed by atoms with Crippen molar-refractivity contribution in [2.75, 3.05) is 11.5 Å². The van der Waals surface area contributed by atoms with Crippen LogP contribution < -0.4 is 5.32 Å². The third-order valence-corrected chi connectivity index (χ3v) is 2.73. The van der Waals surface area contributed by atoms with E-state index >= 15 is 0 Å². The SMILES string of the molecule is O=C(NC(S)CS)OC(S)CS. The molecule has 1 N–H and O–H groups in total. The fraction of sp³-hybridized carbons (Fsp3) is 0.800. The molecule has 0 saturated carbocycles. The third-order valence-electron chi connectivity index (χ3n) is 0.857. The molecule has 0 aliphatic rings. The predicted molar refractivity (Wildman–Crippen MR) is 62.9 cm³/mol. The monoisotopic (exact) mass is 245 g/mol. The molecule has 12 heavy (non-hydrogen) atoms. The van der Waals surface area contributed by atoms with Gasteiger partial charge in [0, 0.05) is 11.5 Å². The number of alkyl carbamates (subject to hydrolysis) is 1. The van der Waals surface area contributed by atoms with Crippen molar-refractivity contribution in [2.24, 2.45) is 0 Å². The number of hydrogen-bond acceptors (Lipinski definition) is 6. The number of thiol groups is 4. The van der Waals surface area contributed by atoms with Gasteiger partial charge in [-0.3, -0.25) is 0 Å². The van der Waals surface area contributed by atoms with Gasteiger partial charge in [-0.15, -0.1) is 12.6 Å². The molecule has 0 aromatic rings. The van der Waals surface area contributed by atoms with E-state index in [4.69, 9.17) is 4.74 Å². The second kappa shape index (κ2) is 7.11. The molecule has 0 rings (SSSR count). The first kappa shape index (κ1) is 12.7. The lowest BCUT2D eigenvalue weighted by atomic mass is 10.7. The van der Waals surface area contributed by atoms with Gasteiger partial charge in [-0.1, -0.05) is 0 Å². The number of hydrogen-bond donors (Lipinski definition) is 5. The van der Waals surface area contributed by atoms with Crippen LogP contribution in [0.25, 0.3) is 0 Å². The van der Waals surface area contributed by atoms with E-state index < -0.39 is 11.5 Å². The molecule has 0 saturated heterocycles. The Balaban J connectivity index is 3.59. The van der Waals surface area contributed by atoms with E-state index in [9.17, 15) is 4.79 Å². The maximum absolute atomic E-state index is 10.9. The zero-order valence-corrected chi connectivity index (χ0v) is 9.75. The molecule has 0 aromatic heterocycles. The van der Waals surface area contributed by atoms with Crippen molar-refractivity contribution in [1.82, 2.24) is 5.32 Å². The second-order valence-electron chi connectivity index (χ2n) is 1.89. The fourth-order valence-electron chi connectivity index (χ4n) is 0.377. The van der Waals surface area contributed by atoms with Crippen molar-refractivity contribution in [3.8, 4) is 0 Å². The summed E-state index contributed by atoms with van der Waals surface area (Å²) in [5.74, 6) is 0.810. The molecule has 2 unspecified atom stereocenters. The maximum atomic E-state index is 10.9. The van der Waals surface area contributed by atoms with E-state index in [0.29, 0.717) is 11.5 Å². The van der Waals surface area contributed by atoms with Crippen LogP contribution in [0.1, 0.15) is 0 Å².